The fraction of sp³-hybridized carbons (Fsp3) is 0.125. The number of benzene rings is 2. The molecule has 0 aliphatic carbocycles. The molecule has 0 unspecified atom stereocenters. The van der Waals surface area contributed by atoms with Gasteiger partial charge in [0.15, 0.2) is 0 Å². The highest BCUT2D eigenvalue weighted by Crippen LogP contribution is 2.17. The molecule has 0 aromatic heterocycles. The number of amides is 1. The molecule has 0 saturated carbocycles. The number of rotatable bonds is 6. The van der Waals surface area contributed by atoms with Gasteiger partial charge in [0, 0.05) is 12.1 Å². The van der Waals surface area contributed by atoms with Crippen molar-refractivity contribution >= 4 is 33.7 Å². The van der Waals surface area contributed by atoms with Gasteiger partial charge in [-0.1, -0.05) is 41.9 Å². The second-order valence-corrected chi connectivity index (χ2v) is 7.40. The molecule has 2 aromatic carbocycles. The summed E-state index contributed by atoms with van der Waals surface area (Å²) in [5, 5.41) is 4.23. The molecular weight excluding hydrogens is 350 g/mol. The Balaban J connectivity index is 1.95. The van der Waals surface area contributed by atoms with Gasteiger partial charge in [-0.2, -0.15) is 9.41 Å². The van der Waals surface area contributed by atoms with Crippen LogP contribution in [0.3, 0.4) is 0 Å². The Bertz CT molecular complexity index is 821. The van der Waals surface area contributed by atoms with Crippen molar-refractivity contribution in [3.63, 3.8) is 0 Å². The molecule has 1 N–H and O–H groups in total. The Morgan fingerprint density at radius 2 is 1.79 bits per heavy atom. The van der Waals surface area contributed by atoms with E-state index in [0.717, 1.165) is 9.87 Å². The fourth-order valence-electron chi connectivity index (χ4n) is 1.83. The molecule has 0 fully saturated rings. The SMILES string of the molecule is CN(CC(=O)N/N=C\c1ccccc1)S(=O)(=O)c1ccc(Cl)cc1. The maximum atomic E-state index is 12.3. The van der Waals surface area contributed by atoms with E-state index >= 15 is 0 Å². The third kappa shape index (κ3) is 4.89. The van der Waals surface area contributed by atoms with E-state index in [1.54, 1.807) is 0 Å². The first-order valence-electron chi connectivity index (χ1n) is 6.98. The van der Waals surface area contributed by atoms with E-state index in [-0.39, 0.29) is 11.4 Å². The van der Waals surface area contributed by atoms with E-state index in [2.05, 4.69) is 10.5 Å². The highest BCUT2D eigenvalue weighted by atomic mass is 35.5. The Hall–Kier alpha value is -2.22. The van der Waals surface area contributed by atoms with Gasteiger partial charge in [-0.3, -0.25) is 4.79 Å². The minimum absolute atomic E-state index is 0.0648. The Morgan fingerprint density at radius 1 is 1.17 bits per heavy atom. The maximum Gasteiger partial charge on any atom is 0.255 e. The summed E-state index contributed by atoms with van der Waals surface area (Å²) in [7, 11) is -2.44. The van der Waals surface area contributed by atoms with Gasteiger partial charge >= 0.3 is 0 Å². The van der Waals surface area contributed by atoms with Gasteiger partial charge in [0.2, 0.25) is 10.0 Å². The van der Waals surface area contributed by atoms with E-state index in [9.17, 15) is 13.2 Å². The number of hydrogen-bond donors (Lipinski definition) is 1. The zero-order valence-electron chi connectivity index (χ0n) is 12.9. The third-order valence-electron chi connectivity index (χ3n) is 3.09. The lowest BCUT2D eigenvalue weighted by Crippen LogP contribution is -2.36. The summed E-state index contributed by atoms with van der Waals surface area (Å²) in [6.07, 6.45) is 1.48. The third-order valence-corrected chi connectivity index (χ3v) is 5.16. The van der Waals surface area contributed by atoms with Crippen LogP contribution in [0.1, 0.15) is 5.56 Å². The normalized spacial score (nSPS) is 11.8. The molecule has 0 spiro atoms. The summed E-state index contributed by atoms with van der Waals surface area (Å²) in [5.74, 6) is -0.540. The molecule has 24 heavy (non-hydrogen) atoms. The Kier molecular flexibility index (Phi) is 6.08. The number of halogens is 1. The van der Waals surface area contributed by atoms with Gasteiger partial charge in [-0.25, -0.2) is 13.8 Å². The lowest BCUT2D eigenvalue weighted by Gasteiger charge is -2.16. The van der Waals surface area contributed by atoms with E-state index in [4.69, 9.17) is 11.6 Å². The van der Waals surface area contributed by atoms with Crippen LogP contribution >= 0.6 is 11.6 Å². The average Bonchev–Trinajstić information content (AvgIpc) is 2.56. The summed E-state index contributed by atoms with van der Waals surface area (Å²) in [6.45, 7) is -0.350. The zero-order valence-corrected chi connectivity index (χ0v) is 14.5. The predicted octanol–water partition coefficient (Wildman–Crippen LogP) is 2.11. The quantitative estimate of drug-likeness (QED) is 0.629. The molecule has 2 aromatic rings. The molecule has 0 bridgehead atoms. The van der Waals surface area contributed by atoms with Gasteiger partial charge in [0.25, 0.3) is 5.91 Å². The molecule has 0 heterocycles. The summed E-state index contributed by atoms with van der Waals surface area (Å²) in [5.41, 5.74) is 3.12. The molecule has 0 aliphatic rings. The Morgan fingerprint density at radius 3 is 2.42 bits per heavy atom. The molecule has 2 rings (SSSR count). The summed E-state index contributed by atoms with van der Waals surface area (Å²) in [4.78, 5) is 11.9. The van der Waals surface area contributed by atoms with Crippen molar-refractivity contribution < 1.29 is 13.2 Å². The monoisotopic (exact) mass is 365 g/mol. The zero-order chi connectivity index (χ0) is 17.6. The summed E-state index contributed by atoms with van der Waals surface area (Å²) >= 11 is 5.74. The van der Waals surface area contributed by atoms with Gasteiger partial charge in [-0.15, -0.1) is 0 Å². The highest BCUT2D eigenvalue weighted by molar-refractivity contribution is 7.89. The molecule has 0 atom stereocenters. The van der Waals surface area contributed by atoms with Crippen molar-refractivity contribution in [3.05, 3.63) is 65.2 Å². The molecule has 0 aliphatic heterocycles. The van der Waals surface area contributed by atoms with Crippen molar-refractivity contribution in [2.24, 2.45) is 5.10 Å². The number of carbonyl (C=O) groups excluding carboxylic acids is 1. The first-order valence-corrected chi connectivity index (χ1v) is 8.80. The van der Waals surface area contributed by atoms with Crippen LogP contribution in [0.15, 0.2) is 64.6 Å². The number of nitrogens with one attached hydrogen (secondary N) is 1. The lowest BCUT2D eigenvalue weighted by molar-refractivity contribution is -0.121. The van der Waals surface area contributed by atoms with E-state index in [0.29, 0.717) is 5.02 Å². The highest BCUT2D eigenvalue weighted by Gasteiger charge is 2.22. The summed E-state index contributed by atoms with van der Waals surface area (Å²) < 4.78 is 25.6. The van der Waals surface area contributed by atoms with Gasteiger partial charge in [-0.05, 0) is 29.8 Å². The first kappa shape index (κ1) is 18.1. The summed E-state index contributed by atoms with van der Waals surface area (Å²) in [6, 6.07) is 14.9. The van der Waals surface area contributed by atoms with Gasteiger partial charge < -0.3 is 0 Å². The lowest BCUT2D eigenvalue weighted by atomic mass is 10.2. The molecule has 126 valence electrons. The van der Waals surface area contributed by atoms with Gasteiger partial charge in [0.1, 0.15) is 0 Å². The number of nitrogens with zero attached hydrogens (tertiary/aromatic N) is 2. The number of carbonyl (C=O) groups is 1. The molecule has 6 nitrogen and oxygen atoms in total. The number of likely N-dealkylation sites (N-methyl/N-ethyl adjacent to an activating group) is 1. The molecule has 1 amide bonds. The minimum Gasteiger partial charge on any atom is -0.272 e. The van der Waals surface area contributed by atoms with Crippen LogP contribution in [0.25, 0.3) is 0 Å². The van der Waals surface area contributed by atoms with Crippen LogP contribution in [0, 0.1) is 0 Å². The average molecular weight is 366 g/mol. The van der Waals surface area contributed by atoms with Crippen LogP contribution in [-0.2, 0) is 14.8 Å². The number of hydrogen-bond acceptors (Lipinski definition) is 4. The van der Waals surface area contributed by atoms with Crippen molar-refractivity contribution in [3.8, 4) is 0 Å². The Labute approximate surface area is 145 Å². The first-order chi connectivity index (χ1) is 11.4. The van der Waals surface area contributed by atoms with Gasteiger partial charge in [0.05, 0.1) is 17.7 Å². The maximum absolute atomic E-state index is 12.3. The van der Waals surface area contributed by atoms with Crippen LogP contribution < -0.4 is 5.43 Å². The fourth-order valence-corrected chi connectivity index (χ4v) is 3.08. The minimum atomic E-state index is -3.77. The predicted molar refractivity (Wildman–Crippen MR) is 93.4 cm³/mol. The second-order valence-electron chi connectivity index (χ2n) is 4.92. The number of hydrazone groups is 1. The van der Waals surface area contributed by atoms with E-state index < -0.39 is 15.9 Å². The van der Waals surface area contributed by atoms with Crippen LogP contribution in [0.5, 0.6) is 0 Å². The van der Waals surface area contributed by atoms with Crippen molar-refractivity contribution in [1.29, 1.82) is 0 Å². The smallest absolute Gasteiger partial charge is 0.255 e. The van der Waals surface area contributed by atoms with Crippen molar-refractivity contribution in [2.45, 2.75) is 4.90 Å². The molecular formula is C16H16ClN3O3S. The largest absolute Gasteiger partial charge is 0.272 e. The van der Waals surface area contributed by atoms with E-state index in [1.807, 2.05) is 30.3 Å². The van der Waals surface area contributed by atoms with Crippen molar-refractivity contribution in [2.75, 3.05) is 13.6 Å². The second kappa shape index (κ2) is 8.05. The standard InChI is InChI=1S/C16H16ClN3O3S/c1-20(24(22,23)15-9-7-14(17)8-10-15)12-16(21)19-18-11-13-5-3-2-4-6-13/h2-11H,12H2,1H3,(H,19,21)/b18-11-. The topological polar surface area (TPSA) is 78.8 Å². The van der Waals surface area contributed by atoms with Crippen LogP contribution in [-0.4, -0.2) is 38.4 Å². The molecule has 8 heteroatoms. The number of sulfonamides is 1. The van der Waals surface area contributed by atoms with Crippen molar-refractivity contribution in [1.82, 2.24) is 9.73 Å². The molecule has 0 radical (unpaired) electrons. The van der Waals surface area contributed by atoms with E-state index in [1.165, 1.54) is 37.5 Å². The van der Waals surface area contributed by atoms with Crippen LogP contribution in [0.4, 0.5) is 0 Å². The molecule has 0 saturated heterocycles. The van der Waals surface area contributed by atoms with Crippen LogP contribution in [0.2, 0.25) is 5.02 Å².